The van der Waals surface area contributed by atoms with Crippen molar-refractivity contribution in [2.75, 3.05) is 12.0 Å². The number of nitrogens with zero attached hydrogens (tertiary/aromatic N) is 1. The first-order chi connectivity index (χ1) is 7.07. The van der Waals surface area contributed by atoms with Gasteiger partial charge in [-0.3, -0.25) is 4.90 Å². The standard InChI is InChI=1S/C11H14BrNO2/c1-8(2)13(11(14)15-3)10-7-5-4-6-9(10)12/h4-8H,1-3H3. The first-order valence-corrected chi connectivity index (χ1v) is 5.49. The molecular weight excluding hydrogens is 258 g/mol. The fraction of sp³-hybridized carbons (Fsp3) is 0.364. The number of methoxy groups -OCH3 is 1. The minimum absolute atomic E-state index is 0.0520. The maximum atomic E-state index is 11.6. The van der Waals surface area contributed by atoms with E-state index in [1.807, 2.05) is 38.1 Å². The second-order valence-corrected chi connectivity index (χ2v) is 4.24. The third-order valence-corrected chi connectivity index (χ3v) is 2.67. The molecule has 0 saturated heterocycles. The molecule has 0 aliphatic heterocycles. The zero-order valence-corrected chi connectivity index (χ0v) is 10.6. The van der Waals surface area contributed by atoms with Crippen LogP contribution in [0.5, 0.6) is 0 Å². The maximum Gasteiger partial charge on any atom is 0.414 e. The first-order valence-electron chi connectivity index (χ1n) is 4.69. The van der Waals surface area contributed by atoms with Gasteiger partial charge in [-0.15, -0.1) is 0 Å². The van der Waals surface area contributed by atoms with Crippen molar-refractivity contribution in [3.8, 4) is 0 Å². The van der Waals surface area contributed by atoms with Crippen molar-refractivity contribution in [1.29, 1.82) is 0 Å². The predicted octanol–water partition coefficient (Wildman–Crippen LogP) is 3.43. The summed E-state index contributed by atoms with van der Waals surface area (Å²) >= 11 is 3.41. The van der Waals surface area contributed by atoms with E-state index in [1.165, 1.54) is 7.11 Å². The van der Waals surface area contributed by atoms with Crippen molar-refractivity contribution in [3.63, 3.8) is 0 Å². The van der Waals surface area contributed by atoms with Crippen molar-refractivity contribution < 1.29 is 9.53 Å². The molecular formula is C11H14BrNO2. The highest BCUT2D eigenvalue weighted by Gasteiger charge is 2.21. The number of amides is 1. The molecule has 0 atom stereocenters. The molecule has 0 heterocycles. The summed E-state index contributed by atoms with van der Waals surface area (Å²) < 4.78 is 5.63. The molecule has 4 heteroatoms. The summed E-state index contributed by atoms with van der Waals surface area (Å²) in [6.07, 6.45) is -0.350. The van der Waals surface area contributed by atoms with Crippen LogP contribution in [0.4, 0.5) is 10.5 Å². The predicted molar refractivity (Wildman–Crippen MR) is 64.2 cm³/mol. The summed E-state index contributed by atoms with van der Waals surface area (Å²) in [4.78, 5) is 13.2. The normalized spacial score (nSPS) is 10.2. The molecule has 0 N–H and O–H groups in total. The highest BCUT2D eigenvalue weighted by molar-refractivity contribution is 9.10. The summed E-state index contributed by atoms with van der Waals surface area (Å²) in [6.45, 7) is 3.88. The largest absolute Gasteiger partial charge is 0.452 e. The number of para-hydroxylation sites is 1. The Morgan fingerprint density at radius 3 is 2.47 bits per heavy atom. The summed E-state index contributed by atoms with van der Waals surface area (Å²) in [5.41, 5.74) is 0.819. The van der Waals surface area contributed by atoms with Gasteiger partial charge >= 0.3 is 6.09 Å². The molecule has 0 radical (unpaired) electrons. The van der Waals surface area contributed by atoms with Gasteiger partial charge in [0.1, 0.15) is 0 Å². The van der Waals surface area contributed by atoms with Gasteiger partial charge in [0, 0.05) is 10.5 Å². The van der Waals surface area contributed by atoms with Gasteiger partial charge in [0.15, 0.2) is 0 Å². The fourth-order valence-corrected chi connectivity index (χ4v) is 1.81. The number of carbonyl (C=O) groups excluding carboxylic acids is 1. The van der Waals surface area contributed by atoms with Gasteiger partial charge in [-0.25, -0.2) is 4.79 Å². The van der Waals surface area contributed by atoms with Crippen LogP contribution in [0.3, 0.4) is 0 Å². The average molecular weight is 272 g/mol. The molecule has 0 bridgehead atoms. The zero-order chi connectivity index (χ0) is 11.4. The van der Waals surface area contributed by atoms with Crippen molar-refractivity contribution >= 4 is 27.7 Å². The van der Waals surface area contributed by atoms with E-state index in [9.17, 15) is 4.79 Å². The van der Waals surface area contributed by atoms with Gasteiger partial charge in [0.05, 0.1) is 12.8 Å². The zero-order valence-electron chi connectivity index (χ0n) is 9.03. The van der Waals surface area contributed by atoms with E-state index in [2.05, 4.69) is 15.9 Å². The molecule has 1 aromatic carbocycles. The van der Waals surface area contributed by atoms with E-state index in [0.717, 1.165) is 10.2 Å². The second kappa shape index (κ2) is 5.16. The number of anilines is 1. The number of ether oxygens (including phenoxy) is 1. The van der Waals surface area contributed by atoms with Crippen LogP contribution < -0.4 is 4.90 Å². The van der Waals surface area contributed by atoms with Gasteiger partial charge in [-0.2, -0.15) is 0 Å². The number of hydrogen-bond donors (Lipinski definition) is 0. The number of halogens is 1. The van der Waals surface area contributed by atoms with E-state index in [-0.39, 0.29) is 12.1 Å². The van der Waals surface area contributed by atoms with Crippen molar-refractivity contribution in [2.45, 2.75) is 19.9 Å². The number of rotatable bonds is 2. The second-order valence-electron chi connectivity index (χ2n) is 3.39. The highest BCUT2D eigenvalue weighted by atomic mass is 79.9. The van der Waals surface area contributed by atoms with Crippen LogP contribution in [0, 0.1) is 0 Å². The Morgan fingerprint density at radius 2 is 2.00 bits per heavy atom. The van der Waals surface area contributed by atoms with E-state index in [0.29, 0.717) is 0 Å². The Labute approximate surface area is 98.2 Å². The van der Waals surface area contributed by atoms with Gasteiger partial charge in [0.2, 0.25) is 0 Å². The van der Waals surface area contributed by atoms with Crippen molar-refractivity contribution in [1.82, 2.24) is 0 Å². The minimum atomic E-state index is -0.350. The molecule has 0 unspecified atom stereocenters. The van der Waals surface area contributed by atoms with E-state index >= 15 is 0 Å². The third kappa shape index (κ3) is 2.72. The third-order valence-electron chi connectivity index (χ3n) is 2.00. The van der Waals surface area contributed by atoms with E-state index in [1.54, 1.807) is 4.90 Å². The number of hydrogen-bond acceptors (Lipinski definition) is 2. The lowest BCUT2D eigenvalue weighted by molar-refractivity contribution is 0.177. The van der Waals surface area contributed by atoms with E-state index in [4.69, 9.17) is 4.74 Å². The topological polar surface area (TPSA) is 29.5 Å². The van der Waals surface area contributed by atoms with Crippen LogP contribution in [0.15, 0.2) is 28.7 Å². The van der Waals surface area contributed by atoms with Crippen LogP contribution in [-0.4, -0.2) is 19.2 Å². The van der Waals surface area contributed by atoms with Gasteiger partial charge < -0.3 is 4.74 Å². The molecule has 0 fully saturated rings. The molecule has 0 aliphatic carbocycles. The fourth-order valence-electron chi connectivity index (χ4n) is 1.33. The Balaban J connectivity index is 3.10. The maximum absolute atomic E-state index is 11.6. The first kappa shape index (κ1) is 12.0. The Kier molecular flexibility index (Phi) is 4.15. The molecule has 15 heavy (non-hydrogen) atoms. The lowest BCUT2D eigenvalue weighted by Crippen LogP contribution is -2.37. The molecule has 3 nitrogen and oxygen atoms in total. The molecule has 1 amide bonds. The van der Waals surface area contributed by atoms with Gasteiger partial charge in [-0.05, 0) is 41.9 Å². The number of carbonyl (C=O) groups is 1. The molecule has 82 valence electrons. The summed E-state index contributed by atoms with van der Waals surface area (Å²) in [7, 11) is 1.38. The smallest absolute Gasteiger partial charge is 0.414 e. The van der Waals surface area contributed by atoms with Crippen LogP contribution >= 0.6 is 15.9 Å². The van der Waals surface area contributed by atoms with Gasteiger partial charge in [-0.1, -0.05) is 12.1 Å². The van der Waals surface area contributed by atoms with Crippen LogP contribution in [0.1, 0.15) is 13.8 Å². The van der Waals surface area contributed by atoms with Crippen LogP contribution in [-0.2, 0) is 4.74 Å². The van der Waals surface area contributed by atoms with Crippen molar-refractivity contribution in [2.24, 2.45) is 0 Å². The average Bonchev–Trinajstić information content (AvgIpc) is 2.20. The molecule has 0 aromatic heterocycles. The molecule has 0 saturated carbocycles. The van der Waals surface area contributed by atoms with E-state index < -0.39 is 0 Å². The highest BCUT2D eigenvalue weighted by Crippen LogP contribution is 2.27. The molecule has 1 rings (SSSR count). The summed E-state index contributed by atoms with van der Waals surface area (Å²) in [6, 6.07) is 7.62. The molecule has 0 aliphatic rings. The lowest BCUT2D eigenvalue weighted by Gasteiger charge is -2.26. The molecule has 0 spiro atoms. The monoisotopic (exact) mass is 271 g/mol. The Morgan fingerprint density at radius 1 is 1.40 bits per heavy atom. The minimum Gasteiger partial charge on any atom is -0.452 e. The lowest BCUT2D eigenvalue weighted by atomic mass is 10.2. The van der Waals surface area contributed by atoms with Crippen LogP contribution in [0.25, 0.3) is 0 Å². The Bertz CT molecular complexity index is 352. The summed E-state index contributed by atoms with van der Waals surface area (Å²) in [5, 5.41) is 0. The Hall–Kier alpha value is -1.03. The number of benzene rings is 1. The molecule has 1 aromatic rings. The SMILES string of the molecule is COC(=O)N(c1ccccc1Br)C(C)C. The summed E-state index contributed by atoms with van der Waals surface area (Å²) in [5.74, 6) is 0. The van der Waals surface area contributed by atoms with Gasteiger partial charge in [0.25, 0.3) is 0 Å². The van der Waals surface area contributed by atoms with Crippen molar-refractivity contribution in [3.05, 3.63) is 28.7 Å². The van der Waals surface area contributed by atoms with Crippen LogP contribution in [0.2, 0.25) is 0 Å². The quantitative estimate of drug-likeness (QED) is 0.825.